The second kappa shape index (κ2) is 6.02. The van der Waals surface area contributed by atoms with Crippen LogP contribution in [0.2, 0.25) is 0 Å². The van der Waals surface area contributed by atoms with Gasteiger partial charge in [0.25, 0.3) is 11.4 Å². The van der Waals surface area contributed by atoms with Crippen LogP contribution >= 0.6 is 11.8 Å². The fraction of sp³-hybridized carbons (Fsp3) is 0.333. The molecule has 1 N–H and O–H groups in total. The van der Waals surface area contributed by atoms with Crippen LogP contribution in [0.3, 0.4) is 0 Å². The van der Waals surface area contributed by atoms with Gasteiger partial charge in [-0.25, -0.2) is 0 Å². The molecule has 106 valence electrons. The highest BCUT2D eigenvalue weighted by Gasteiger charge is 2.22. The molecule has 0 heterocycles. The van der Waals surface area contributed by atoms with Gasteiger partial charge in [-0.1, -0.05) is 17.3 Å². The van der Waals surface area contributed by atoms with E-state index in [1.807, 2.05) is 0 Å². The summed E-state index contributed by atoms with van der Waals surface area (Å²) in [6.07, 6.45) is 2.84. The molecule has 0 amide bonds. The Balaban J connectivity index is 2.36. The molecule has 0 unspecified atom stereocenters. The summed E-state index contributed by atoms with van der Waals surface area (Å²) in [5, 5.41) is 31.0. The van der Waals surface area contributed by atoms with Gasteiger partial charge in [-0.3, -0.25) is 20.2 Å². The predicted octanol–water partition coefficient (Wildman–Crippen LogP) is 3.03. The first-order chi connectivity index (χ1) is 9.52. The number of allylic oxidation sites excluding steroid dienone is 1. The smallest absolute Gasteiger partial charge is 0.290 e. The Morgan fingerprint density at radius 3 is 2.40 bits per heavy atom. The van der Waals surface area contributed by atoms with Gasteiger partial charge in [0.05, 0.1) is 27.4 Å². The number of benzene rings is 1. The van der Waals surface area contributed by atoms with Crippen LogP contribution in [0.1, 0.15) is 19.3 Å². The first kappa shape index (κ1) is 14.5. The van der Waals surface area contributed by atoms with E-state index in [0.29, 0.717) is 9.80 Å². The van der Waals surface area contributed by atoms with Gasteiger partial charge in [0, 0.05) is 11.0 Å². The van der Waals surface area contributed by atoms with E-state index in [-0.39, 0.29) is 18.0 Å². The van der Waals surface area contributed by atoms with E-state index in [1.54, 1.807) is 0 Å². The van der Waals surface area contributed by atoms with E-state index in [1.165, 1.54) is 12.1 Å². The number of aliphatic hydroxyl groups is 1. The summed E-state index contributed by atoms with van der Waals surface area (Å²) in [4.78, 5) is 21.4. The van der Waals surface area contributed by atoms with E-state index in [9.17, 15) is 25.3 Å². The van der Waals surface area contributed by atoms with Crippen LogP contribution in [-0.4, -0.2) is 21.6 Å². The van der Waals surface area contributed by atoms with Crippen LogP contribution in [-0.2, 0) is 0 Å². The highest BCUT2D eigenvalue weighted by Crippen LogP contribution is 2.41. The van der Waals surface area contributed by atoms with E-state index >= 15 is 0 Å². The van der Waals surface area contributed by atoms with Crippen molar-refractivity contribution in [1.29, 1.82) is 0 Å². The second-order valence-electron chi connectivity index (χ2n) is 4.31. The molecule has 1 aliphatic rings. The number of hydrogen-bond donors (Lipinski definition) is 1. The van der Waals surface area contributed by atoms with Crippen molar-refractivity contribution in [2.45, 2.75) is 24.2 Å². The number of non-ortho nitro benzene ring substituents is 1. The van der Waals surface area contributed by atoms with Crippen molar-refractivity contribution in [3.63, 3.8) is 0 Å². The average Bonchev–Trinajstić information content (AvgIpc) is 2.35. The number of aliphatic hydroxyl groups excluding tert-OH is 1. The van der Waals surface area contributed by atoms with E-state index in [0.717, 1.165) is 42.7 Å². The number of rotatable bonds is 5. The van der Waals surface area contributed by atoms with Crippen LogP contribution < -0.4 is 0 Å². The zero-order valence-electron chi connectivity index (χ0n) is 10.4. The van der Waals surface area contributed by atoms with Crippen molar-refractivity contribution in [2.24, 2.45) is 0 Å². The Bertz CT molecular complexity index is 594. The van der Waals surface area contributed by atoms with Gasteiger partial charge in [0.2, 0.25) is 0 Å². The zero-order chi connectivity index (χ0) is 14.7. The molecular formula is C12H12N2O5S. The molecule has 1 aromatic rings. The molecule has 1 aliphatic carbocycles. The molecule has 0 aromatic heterocycles. The first-order valence-electron chi connectivity index (χ1n) is 5.95. The van der Waals surface area contributed by atoms with Gasteiger partial charge >= 0.3 is 0 Å². The maximum atomic E-state index is 11.0. The summed E-state index contributed by atoms with van der Waals surface area (Å²) in [6, 6.07) is 3.54. The topological polar surface area (TPSA) is 107 Å². The number of thioether (sulfide) groups is 1. The standard InChI is InChI=1S/C12H12N2O5S/c15-7-12(8-2-1-3-8)20-11-5-4-9(13(16)17)6-10(11)14(18)19/h4-6,15H,1-3,7H2. The Hall–Kier alpha value is -1.93. The Morgan fingerprint density at radius 2 is 1.95 bits per heavy atom. The summed E-state index contributed by atoms with van der Waals surface area (Å²) in [5.41, 5.74) is 0.475. The molecule has 0 atom stereocenters. The molecule has 8 heteroatoms. The fourth-order valence-electron chi connectivity index (χ4n) is 1.83. The van der Waals surface area contributed by atoms with Gasteiger partial charge in [-0.2, -0.15) is 0 Å². The molecule has 1 saturated carbocycles. The molecule has 0 radical (unpaired) electrons. The van der Waals surface area contributed by atoms with Crippen molar-refractivity contribution in [3.8, 4) is 0 Å². The third-order valence-electron chi connectivity index (χ3n) is 3.08. The number of nitro groups is 2. The van der Waals surface area contributed by atoms with Gasteiger partial charge in [-0.05, 0) is 25.3 Å². The summed E-state index contributed by atoms with van der Waals surface area (Å²) >= 11 is 1.11. The lowest BCUT2D eigenvalue weighted by Gasteiger charge is -2.20. The van der Waals surface area contributed by atoms with Crippen LogP contribution in [0.5, 0.6) is 0 Å². The highest BCUT2D eigenvalue weighted by atomic mass is 32.2. The van der Waals surface area contributed by atoms with Crippen LogP contribution in [0.25, 0.3) is 0 Å². The van der Waals surface area contributed by atoms with Gasteiger partial charge in [0.1, 0.15) is 0 Å². The summed E-state index contributed by atoms with van der Waals surface area (Å²) in [6.45, 7) is -0.172. The van der Waals surface area contributed by atoms with Crippen molar-refractivity contribution in [3.05, 3.63) is 48.9 Å². The van der Waals surface area contributed by atoms with Crippen molar-refractivity contribution in [2.75, 3.05) is 6.61 Å². The SMILES string of the molecule is O=[N+]([O-])c1ccc(SC(CO)=C2CCC2)c([N+](=O)[O-])c1. The largest absolute Gasteiger partial charge is 0.391 e. The monoisotopic (exact) mass is 296 g/mol. The normalized spacial score (nSPS) is 13.8. The van der Waals surface area contributed by atoms with Crippen molar-refractivity contribution < 1.29 is 15.0 Å². The summed E-state index contributed by atoms with van der Waals surface area (Å²) < 4.78 is 0. The van der Waals surface area contributed by atoms with Crippen LogP contribution in [0, 0.1) is 20.2 Å². The lowest BCUT2D eigenvalue weighted by atomic mass is 9.92. The molecule has 2 rings (SSSR count). The molecular weight excluding hydrogens is 284 g/mol. The Labute approximate surface area is 118 Å². The first-order valence-corrected chi connectivity index (χ1v) is 6.77. The van der Waals surface area contributed by atoms with Crippen LogP contribution in [0.4, 0.5) is 11.4 Å². The third kappa shape index (κ3) is 2.97. The zero-order valence-corrected chi connectivity index (χ0v) is 11.3. The van der Waals surface area contributed by atoms with E-state index < -0.39 is 9.85 Å². The summed E-state index contributed by atoms with van der Waals surface area (Å²) in [5.74, 6) is 0. The summed E-state index contributed by atoms with van der Waals surface area (Å²) in [7, 11) is 0. The molecule has 20 heavy (non-hydrogen) atoms. The average molecular weight is 296 g/mol. The highest BCUT2D eigenvalue weighted by molar-refractivity contribution is 8.03. The number of nitro benzene ring substituents is 2. The minimum atomic E-state index is -0.668. The maximum Gasteiger partial charge on any atom is 0.290 e. The minimum absolute atomic E-state index is 0.172. The number of nitrogens with zero attached hydrogens (tertiary/aromatic N) is 2. The number of hydrogen-bond acceptors (Lipinski definition) is 6. The minimum Gasteiger partial charge on any atom is -0.391 e. The second-order valence-corrected chi connectivity index (χ2v) is 5.44. The lowest BCUT2D eigenvalue weighted by molar-refractivity contribution is -0.396. The molecule has 1 fully saturated rings. The van der Waals surface area contributed by atoms with Gasteiger partial charge < -0.3 is 5.11 Å². The Kier molecular flexibility index (Phi) is 4.35. The quantitative estimate of drug-likeness (QED) is 0.508. The molecule has 0 bridgehead atoms. The van der Waals surface area contributed by atoms with Gasteiger partial charge in [0.15, 0.2) is 0 Å². The maximum absolute atomic E-state index is 11.0. The Morgan fingerprint density at radius 1 is 1.25 bits per heavy atom. The van der Waals surface area contributed by atoms with Crippen LogP contribution in [0.15, 0.2) is 33.6 Å². The van der Waals surface area contributed by atoms with E-state index in [2.05, 4.69) is 0 Å². The molecule has 0 saturated heterocycles. The molecule has 1 aromatic carbocycles. The lowest BCUT2D eigenvalue weighted by Crippen LogP contribution is -2.03. The third-order valence-corrected chi connectivity index (χ3v) is 4.31. The molecule has 0 spiro atoms. The van der Waals surface area contributed by atoms with Crippen molar-refractivity contribution >= 4 is 23.1 Å². The van der Waals surface area contributed by atoms with E-state index in [4.69, 9.17) is 0 Å². The molecule has 0 aliphatic heterocycles. The van der Waals surface area contributed by atoms with Gasteiger partial charge in [-0.15, -0.1) is 0 Å². The predicted molar refractivity (Wildman–Crippen MR) is 73.6 cm³/mol. The van der Waals surface area contributed by atoms with Crippen molar-refractivity contribution in [1.82, 2.24) is 0 Å². The molecule has 7 nitrogen and oxygen atoms in total. The fourth-order valence-corrected chi connectivity index (χ4v) is 2.88.